The fourth-order valence-corrected chi connectivity index (χ4v) is 1.49. The zero-order valence-corrected chi connectivity index (χ0v) is 8.77. The number of rotatable bonds is 4. The number of pyridine rings is 1. The van der Waals surface area contributed by atoms with E-state index in [1.165, 1.54) is 11.3 Å². The van der Waals surface area contributed by atoms with Gasteiger partial charge in [0.25, 0.3) is 0 Å². The maximum atomic E-state index is 4.10. The van der Waals surface area contributed by atoms with Crippen molar-refractivity contribution in [1.29, 1.82) is 0 Å². The third-order valence-corrected chi connectivity index (χ3v) is 2.45. The molecule has 0 bridgehead atoms. The third kappa shape index (κ3) is 2.67. The van der Waals surface area contributed by atoms with Gasteiger partial charge in [-0.05, 0) is 30.7 Å². The minimum absolute atomic E-state index is 0.321. The van der Waals surface area contributed by atoms with Crippen LogP contribution in [0.4, 0.5) is 0 Å². The zero-order chi connectivity index (χ0) is 10.5. The van der Waals surface area contributed by atoms with Crippen molar-refractivity contribution in [3.05, 3.63) is 54.1 Å². The topological polar surface area (TPSA) is 40.7 Å². The van der Waals surface area contributed by atoms with Gasteiger partial charge in [0, 0.05) is 36.9 Å². The molecular weight excluding hydrogens is 186 g/mol. The van der Waals surface area contributed by atoms with Crippen LogP contribution in [0.5, 0.6) is 0 Å². The second kappa shape index (κ2) is 4.75. The Bertz CT molecular complexity index is 381. The van der Waals surface area contributed by atoms with Gasteiger partial charge in [-0.25, -0.2) is 0 Å². The van der Waals surface area contributed by atoms with Crippen molar-refractivity contribution in [2.45, 2.75) is 19.5 Å². The minimum atomic E-state index is 0.321. The summed E-state index contributed by atoms with van der Waals surface area (Å²) in [6, 6.07) is 8.44. The fourth-order valence-electron chi connectivity index (χ4n) is 1.49. The molecule has 2 N–H and O–H groups in total. The maximum Gasteiger partial charge on any atom is 0.0362 e. The summed E-state index contributed by atoms with van der Waals surface area (Å²) in [5, 5.41) is 3.43. The largest absolute Gasteiger partial charge is 0.364 e. The highest BCUT2D eigenvalue weighted by molar-refractivity contribution is 5.13. The summed E-state index contributed by atoms with van der Waals surface area (Å²) in [6.45, 7) is 2.99. The second-order valence-corrected chi connectivity index (χ2v) is 3.58. The van der Waals surface area contributed by atoms with Crippen molar-refractivity contribution in [3.63, 3.8) is 0 Å². The summed E-state index contributed by atoms with van der Waals surface area (Å²) in [5.41, 5.74) is 2.41. The maximum absolute atomic E-state index is 4.10. The Balaban J connectivity index is 1.90. The lowest BCUT2D eigenvalue weighted by atomic mass is 10.1. The molecule has 15 heavy (non-hydrogen) atoms. The highest BCUT2D eigenvalue weighted by Gasteiger charge is 2.03. The molecule has 2 aromatic heterocycles. The van der Waals surface area contributed by atoms with E-state index in [2.05, 4.69) is 34.3 Å². The Morgan fingerprint density at radius 3 is 3.00 bits per heavy atom. The van der Waals surface area contributed by atoms with Gasteiger partial charge < -0.3 is 10.3 Å². The van der Waals surface area contributed by atoms with Gasteiger partial charge in [0.15, 0.2) is 0 Å². The summed E-state index contributed by atoms with van der Waals surface area (Å²) >= 11 is 0. The van der Waals surface area contributed by atoms with Crippen LogP contribution in [-0.4, -0.2) is 9.97 Å². The first-order chi connectivity index (χ1) is 7.36. The summed E-state index contributed by atoms with van der Waals surface area (Å²) in [6.07, 6.45) is 5.62. The van der Waals surface area contributed by atoms with Gasteiger partial charge in [-0.1, -0.05) is 6.07 Å². The summed E-state index contributed by atoms with van der Waals surface area (Å²) in [4.78, 5) is 7.27. The van der Waals surface area contributed by atoms with Gasteiger partial charge in [-0.15, -0.1) is 0 Å². The highest BCUT2D eigenvalue weighted by atomic mass is 14.9. The normalized spacial score (nSPS) is 12.6. The van der Waals surface area contributed by atoms with Gasteiger partial charge in [0.1, 0.15) is 0 Å². The predicted molar refractivity (Wildman–Crippen MR) is 60.3 cm³/mol. The van der Waals surface area contributed by atoms with E-state index in [1.807, 2.05) is 24.5 Å². The minimum Gasteiger partial charge on any atom is -0.364 e. The molecule has 2 aromatic rings. The van der Waals surface area contributed by atoms with Crippen molar-refractivity contribution >= 4 is 0 Å². The first-order valence-electron chi connectivity index (χ1n) is 5.12. The number of aromatic nitrogens is 2. The smallest absolute Gasteiger partial charge is 0.0362 e. The number of nitrogens with one attached hydrogen (secondary N) is 2. The molecule has 0 fully saturated rings. The molecular formula is C12H15N3. The van der Waals surface area contributed by atoms with Crippen LogP contribution in [0.15, 0.2) is 42.9 Å². The molecule has 0 aliphatic rings. The SMILES string of the molecule is CC(NCc1ccc[nH]1)c1cccnc1. The van der Waals surface area contributed by atoms with Crippen LogP contribution < -0.4 is 5.32 Å². The molecule has 3 nitrogen and oxygen atoms in total. The molecule has 0 saturated heterocycles. The molecule has 0 aliphatic heterocycles. The number of hydrogen-bond donors (Lipinski definition) is 2. The van der Waals surface area contributed by atoms with Crippen LogP contribution in [0.25, 0.3) is 0 Å². The van der Waals surface area contributed by atoms with Crippen molar-refractivity contribution < 1.29 is 0 Å². The molecule has 0 amide bonds. The average molecular weight is 201 g/mol. The molecule has 0 saturated carbocycles. The first kappa shape index (κ1) is 9.93. The Morgan fingerprint density at radius 1 is 1.40 bits per heavy atom. The Labute approximate surface area is 89.6 Å². The molecule has 2 heterocycles. The number of hydrogen-bond acceptors (Lipinski definition) is 2. The van der Waals surface area contributed by atoms with E-state index in [-0.39, 0.29) is 0 Å². The van der Waals surface area contributed by atoms with Crippen molar-refractivity contribution in [2.24, 2.45) is 0 Å². The Morgan fingerprint density at radius 2 is 2.33 bits per heavy atom. The molecule has 78 valence electrons. The molecule has 1 atom stereocenters. The number of nitrogens with zero attached hydrogens (tertiary/aromatic N) is 1. The van der Waals surface area contributed by atoms with E-state index >= 15 is 0 Å². The lowest BCUT2D eigenvalue weighted by Crippen LogP contribution is -2.18. The van der Waals surface area contributed by atoms with E-state index in [1.54, 1.807) is 6.20 Å². The quantitative estimate of drug-likeness (QED) is 0.796. The van der Waals surface area contributed by atoms with Crippen LogP contribution in [0, 0.1) is 0 Å². The van der Waals surface area contributed by atoms with Gasteiger partial charge >= 0.3 is 0 Å². The van der Waals surface area contributed by atoms with Crippen LogP contribution in [0.1, 0.15) is 24.2 Å². The van der Waals surface area contributed by atoms with Crippen molar-refractivity contribution in [1.82, 2.24) is 15.3 Å². The third-order valence-electron chi connectivity index (χ3n) is 2.45. The van der Waals surface area contributed by atoms with Crippen LogP contribution in [0.3, 0.4) is 0 Å². The van der Waals surface area contributed by atoms with Crippen molar-refractivity contribution in [3.8, 4) is 0 Å². The zero-order valence-electron chi connectivity index (χ0n) is 8.77. The molecule has 0 radical (unpaired) electrons. The molecule has 0 spiro atoms. The van der Waals surface area contributed by atoms with E-state index in [9.17, 15) is 0 Å². The fraction of sp³-hybridized carbons (Fsp3) is 0.250. The summed E-state index contributed by atoms with van der Waals surface area (Å²) in [7, 11) is 0. The van der Waals surface area contributed by atoms with E-state index in [0.717, 1.165) is 6.54 Å². The summed E-state index contributed by atoms with van der Waals surface area (Å²) in [5.74, 6) is 0. The lowest BCUT2D eigenvalue weighted by Gasteiger charge is -2.12. The van der Waals surface area contributed by atoms with Gasteiger partial charge in [0.2, 0.25) is 0 Å². The Hall–Kier alpha value is -1.61. The van der Waals surface area contributed by atoms with E-state index < -0.39 is 0 Å². The van der Waals surface area contributed by atoms with E-state index in [4.69, 9.17) is 0 Å². The number of aromatic amines is 1. The first-order valence-corrected chi connectivity index (χ1v) is 5.12. The molecule has 0 aliphatic carbocycles. The van der Waals surface area contributed by atoms with Gasteiger partial charge in [-0.3, -0.25) is 4.98 Å². The molecule has 1 unspecified atom stereocenters. The number of H-pyrrole nitrogens is 1. The molecule has 2 rings (SSSR count). The van der Waals surface area contributed by atoms with Gasteiger partial charge in [0.05, 0.1) is 0 Å². The summed E-state index contributed by atoms with van der Waals surface area (Å²) < 4.78 is 0. The van der Waals surface area contributed by atoms with Gasteiger partial charge in [-0.2, -0.15) is 0 Å². The molecule has 0 aromatic carbocycles. The van der Waals surface area contributed by atoms with Crippen LogP contribution in [-0.2, 0) is 6.54 Å². The van der Waals surface area contributed by atoms with E-state index in [0.29, 0.717) is 6.04 Å². The van der Waals surface area contributed by atoms with Crippen LogP contribution in [0.2, 0.25) is 0 Å². The monoisotopic (exact) mass is 201 g/mol. The second-order valence-electron chi connectivity index (χ2n) is 3.58. The predicted octanol–water partition coefficient (Wildman–Crippen LogP) is 2.26. The highest BCUT2D eigenvalue weighted by Crippen LogP contribution is 2.10. The standard InChI is InChI=1S/C12H15N3/c1-10(11-4-2-6-13-8-11)15-9-12-5-3-7-14-12/h2-8,10,14-15H,9H2,1H3. The average Bonchev–Trinajstić information content (AvgIpc) is 2.80. The molecule has 3 heteroatoms. The lowest BCUT2D eigenvalue weighted by molar-refractivity contribution is 0.567. The Kier molecular flexibility index (Phi) is 3.15. The van der Waals surface area contributed by atoms with Crippen molar-refractivity contribution in [2.75, 3.05) is 0 Å². The van der Waals surface area contributed by atoms with Crippen LogP contribution >= 0.6 is 0 Å².